The van der Waals surface area contributed by atoms with Crippen LogP contribution in [0.15, 0.2) is 40.3 Å². The summed E-state index contributed by atoms with van der Waals surface area (Å²) >= 11 is 1.35. The molecule has 0 amide bonds. The lowest BCUT2D eigenvalue weighted by Gasteiger charge is -2.16. The molecule has 1 fully saturated rings. The number of carbonyl (C=O) groups excluding carboxylic acids is 1. The molecule has 146 valence electrons. The van der Waals surface area contributed by atoms with Crippen LogP contribution in [-0.2, 0) is 0 Å². The molecule has 4 rings (SSSR count). The van der Waals surface area contributed by atoms with Crippen molar-refractivity contribution in [3.8, 4) is 0 Å². The molecule has 2 heterocycles. The Morgan fingerprint density at radius 1 is 1.25 bits per heavy atom. The molecular formula is C22H25N3O2S. The van der Waals surface area contributed by atoms with Crippen LogP contribution >= 0.6 is 11.8 Å². The number of nitrogens with zero attached hydrogens (tertiary/aromatic N) is 3. The zero-order valence-electron chi connectivity index (χ0n) is 16.7. The highest BCUT2D eigenvalue weighted by molar-refractivity contribution is 7.99. The SMILES string of the molecule is Cc1cc(C(=O)CSc2nc3ccccc3c(=O)n2C(C)C)c(C)n1C1CC1. The number of benzene rings is 1. The molecule has 5 nitrogen and oxygen atoms in total. The Hall–Kier alpha value is -2.34. The fourth-order valence-corrected chi connectivity index (χ4v) is 4.86. The van der Waals surface area contributed by atoms with Gasteiger partial charge in [0.25, 0.3) is 5.56 Å². The predicted octanol–water partition coefficient (Wildman–Crippen LogP) is 4.71. The van der Waals surface area contributed by atoms with E-state index in [1.807, 2.05) is 45.0 Å². The van der Waals surface area contributed by atoms with Crippen molar-refractivity contribution in [2.45, 2.75) is 57.8 Å². The first-order chi connectivity index (χ1) is 13.4. The maximum absolute atomic E-state index is 12.9. The van der Waals surface area contributed by atoms with Crippen molar-refractivity contribution < 1.29 is 4.79 Å². The van der Waals surface area contributed by atoms with E-state index in [0.29, 0.717) is 22.1 Å². The van der Waals surface area contributed by atoms with Crippen LogP contribution in [0.3, 0.4) is 0 Å². The number of aryl methyl sites for hydroxylation is 1. The highest BCUT2D eigenvalue weighted by Crippen LogP contribution is 2.38. The second-order valence-corrected chi connectivity index (χ2v) is 8.72. The minimum Gasteiger partial charge on any atom is -0.345 e. The molecule has 3 aromatic rings. The summed E-state index contributed by atoms with van der Waals surface area (Å²) in [5, 5.41) is 1.21. The Morgan fingerprint density at radius 2 is 1.96 bits per heavy atom. The van der Waals surface area contributed by atoms with Crippen molar-refractivity contribution in [1.29, 1.82) is 0 Å². The Labute approximate surface area is 168 Å². The molecule has 0 aliphatic heterocycles. The first-order valence-electron chi connectivity index (χ1n) is 9.74. The predicted molar refractivity (Wildman–Crippen MR) is 114 cm³/mol. The standard InChI is InChI=1S/C22H25N3O2S/c1-13(2)24-21(27)17-7-5-6-8-19(17)23-22(24)28-12-20(26)18-11-14(3)25(15(18)4)16-9-10-16/h5-8,11,13,16H,9-10,12H2,1-4H3. The third-order valence-corrected chi connectivity index (χ3v) is 6.27. The zero-order valence-corrected chi connectivity index (χ0v) is 17.5. The van der Waals surface area contributed by atoms with E-state index in [1.165, 1.54) is 24.6 Å². The number of hydrogen-bond donors (Lipinski definition) is 0. The van der Waals surface area contributed by atoms with Crippen LogP contribution in [0, 0.1) is 13.8 Å². The molecule has 1 aliphatic carbocycles. The molecule has 1 aliphatic rings. The van der Waals surface area contributed by atoms with Crippen LogP contribution in [0.2, 0.25) is 0 Å². The van der Waals surface area contributed by atoms with Gasteiger partial charge in [-0.15, -0.1) is 0 Å². The summed E-state index contributed by atoms with van der Waals surface area (Å²) in [4.78, 5) is 30.5. The molecular weight excluding hydrogens is 370 g/mol. The number of Topliss-reactive ketones (excluding diaryl/α,β-unsaturated/α-hetero) is 1. The van der Waals surface area contributed by atoms with Crippen LogP contribution in [0.1, 0.15) is 60.5 Å². The van der Waals surface area contributed by atoms with E-state index in [-0.39, 0.29) is 23.1 Å². The molecule has 0 atom stereocenters. The Balaban J connectivity index is 1.64. The van der Waals surface area contributed by atoms with Gasteiger partial charge in [0.2, 0.25) is 0 Å². The molecule has 6 heteroatoms. The molecule has 28 heavy (non-hydrogen) atoms. The molecule has 2 aromatic heterocycles. The number of fused-ring (bicyclic) bond motifs is 1. The third kappa shape index (κ3) is 3.30. The largest absolute Gasteiger partial charge is 0.345 e. The maximum Gasteiger partial charge on any atom is 0.262 e. The van der Waals surface area contributed by atoms with E-state index >= 15 is 0 Å². The number of para-hydroxylation sites is 1. The molecule has 1 saturated carbocycles. The van der Waals surface area contributed by atoms with E-state index in [4.69, 9.17) is 0 Å². The lowest BCUT2D eigenvalue weighted by Crippen LogP contribution is -2.25. The first-order valence-corrected chi connectivity index (χ1v) is 10.7. The Morgan fingerprint density at radius 3 is 2.64 bits per heavy atom. The van der Waals surface area contributed by atoms with Gasteiger partial charge in [-0.2, -0.15) is 0 Å². The van der Waals surface area contributed by atoms with Crippen LogP contribution in [-0.4, -0.2) is 25.7 Å². The van der Waals surface area contributed by atoms with Crippen molar-refractivity contribution in [1.82, 2.24) is 14.1 Å². The highest BCUT2D eigenvalue weighted by atomic mass is 32.2. The lowest BCUT2D eigenvalue weighted by molar-refractivity contribution is 0.102. The summed E-state index contributed by atoms with van der Waals surface area (Å²) in [7, 11) is 0. The molecule has 1 aromatic carbocycles. The van der Waals surface area contributed by atoms with Gasteiger partial charge in [-0.05, 0) is 58.7 Å². The van der Waals surface area contributed by atoms with Gasteiger partial charge in [0.05, 0.1) is 16.7 Å². The summed E-state index contributed by atoms with van der Waals surface area (Å²) in [6, 6.07) is 9.90. The minimum atomic E-state index is -0.0533. The molecule has 0 N–H and O–H groups in total. The topological polar surface area (TPSA) is 56.9 Å². The highest BCUT2D eigenvalue weighted by Gasteiger charge is 2.28. The first kappa shape index (κ1) is 19.0. The maximum atomic E-state index is 12.9. The van der Waals surface area contributed by atoms with E-state index in [0.717, 1.165) is 17.0 Å². The van der Waals surface area contributed by atoms with Crippen molar-refractivity contribution in [2.24, 2.45) is 0 Å². The molecule has 0 unspecified atom stereocenters. The quantitative estimate of drug-likeness (QED) is 0.345. The summed E-state index contributed by atoms with van der Waals surface area (Å²) in [6.45, 7) is 8.03. The monoisotopic (exact) mass is 395 g/mol. The Kier molecular flexibility index (Phi) is 4.91. The van der Waals surface area contributed by atoms with Gasteiger partial charge in [-0.25, -0.2) is 4.98 Å². The Bertz CT molecular complexity index is 1120. The number of ketones is 1. The van der Waals surface area contributed by atoms with Crippen molar-refractivity contribution >= 4 is 28.4 Å². The number of rotatable bonds is 6. The number of hydrogen-bond acceptors (Lipinski definition) is 4. The normalized spacial score (nSPS) is 14.2. The van der Waals surface area contributed by atoms with Gasteiger partial charge in [0.1, 0.15) is 0 Å². The van der Waals surface area contributed by atoms with Gasteiger partial charge in [0, 0.05) is 29.0 Å². The van der Waals surface area contributed by atoms with Crippen molar-refractivity contribution in [2.75, 3.05) is 5.75 Å². The van der Waals surface area contributed by atoms with E-state index in [2.05, 4.69) is 16.5 Å². The van der Waals surface area contributed by atoms with Crippen molar-refractivity contribution in [3.05, 3.63) is 57.6 Å². The fourth-order valence-electron chi connectivity index (χ4n) is 3.84. The van der Waals surface area contributed by atoms with Crippen molar-refractivity contribution in [3.63, 3.8) is 0 Å². The van der Waals surface area contributed by atoms with Crippen LogP contribution in [0.25, 0.3) is 10.9 Å². The summed E-state index contributed by atoms with van der Waals surface area (Å²) in [5.41, 5.74) is 3.61. The molecule has 0 saturated heterocycles. The fraction of sp³-hybridized carbons (Fsp3) is 0.409. The summed E-state index contributed by atoms with van der Waals surface area (Å²) in [6.07, 6.45) is 2.39. The smallest absolute Gasteiger partial charge is 0.262 e. The van der Waals surface area contributed by atoms with Gasteiger partial charge in [-0.3, -0.25) is 14.2 Å². The number of carbonyl (C=O) groups is 1. The van der Waals surface area contributed by atoms with Gasteiger partial charge in [0.15, 0.2) is 10.9 Å². The molecule has 0 radical (unpaired) electrons. The van der Waals surface area contributed by atoms with Crippen LogP contribution < -0.4 is 5.56 Å². The average molecular weight is 396 g/mol. The summed E-state index contributed by atoms with van der Waals surface area (Å²) in [5.74, 6) is 0.356. The van der Waals surface area contributed by atoms with Crippen LogP contribution in [0.5, 0.6) is 0 Å². The van der Waals surface area contributed by atoms with E-state index in [1.54, 1.807) is 10.6 Å². The van der Waals surface area contributed by atoms with Gasteiger partial charge in [-0.1, -0.05) is 23.9 Å². The van der Waals surface area contributed by atoms with Gasteiger partial charge >= 0.3 is 0 Å². The molecule has 0 bridgehead atoms. The zero-order chi connectivity index (χ0) is 20.0. The van der Waals surface area contributed by atoms with Gasteiger partial charge < -0.3 is 4.57 Å². The van der Waals surface area contributed by atoms with Crippen LogP contribution in [0.4, 0.5) is 0 Å². The lowest BCUT2D eigenvalue weighted by atomic mass is 10.2. The number of aromatic nitrogens is 3. The van der Waals surface area contributed by atoms with E-state index in [9.17, 15) is 9.59 Å². The minimum absolute atomic E-state index is 0.0258. The molecule has 0 spiro atoms. The second-order valence-electron chi connectivity index (χ2n) is 7.78. The average Bonchev–Trinajstić information content (AvgIpc) is 3.44. The summed E-state index contributed by atoms with van der Waals surface area (Å²) < 4.78 is 3.98. The number of thioether (sulfide) groups is 1. The second kappa shape index (κ2) is 7.24. The third-order valence-electron chi connectivity index (χ3n) is 5.32. The van der Waals surface area contributed by atoms with E-state index < -0.39 is 0 Å².